The van der Waals surface area contributed by atoms with E-state index in [-0.39, 0.29) is 16.7 Å². The van der Waals surface area contributed by atoms with E-state index in [4.69, 9.17) is 5.11 Å². The summed E-state index contributed by atoms with van der Waals surface area (Å²) in [5.74, 6) is -1.21. The van der Waals surface area contributed by atoms with Gasteiger partial charge in [0, 0.05) is 4.90 Å². The maximum atomic E-state index is 12.3. The standard InChI is InChI=1S/C16H13NO3S/c18-15(14-9-10-5-1-4-8-13(10)21-14)17-12-7-3-2-6-11(12)16(19)20/h1-8,14H,9H2,(H,17,18)(H,19,20). The van der Waals surface area contributed by atoms with Gasteiger partial charge in [0.15, 0.2) is 0 Å². The van der Waals surface area contributed by atoms with Crippen LogP contribution in [-0.4, -0.2) is 22.2 Å². The van der Waals surface area contributed by atoms with Gasteiger partial charge in [-0.25, -0.2) is 4.79 Å². The first-order valence-electron chi connectivity index (χ1n) is 6.53. The summed E-state index contributed by atoms with van der Waals surface area (Å²) in [5, 5.41) is 11.6. The molecule has 0 fully saturated rings. The van der Waals surface area contributed by atoms with Crippen molar-refractivity contribution in [1.29, 1.82) is 0 Å². The van der Waals surface area contributed by atoms with Crippen LogP contribution in [0, 0.1) is 0 Å². The van der Waals surface area contributed by atoms with Crippen molar-refractivity contribution in [2.24, 2.45) is 0 Å². The molecule has 2 N–H and O–H groups in total. The Morgan fingerprint density at radius 1 is 1.10 bits per heavy atom. The number of hydrogen-bond donors (Lipinski definition) is 2. The number of rotatable bonds is 3. The largest absolute Gasteiger partial charge is 0.478 e. The van der Waals surface area contributed by atoms with Gasteiger partial charge in [0.2, 0.25) is 5.91 Å². The molecule has 0 bridgehead atoms. The van der Waals surface area contributed by atoms with E-state index in [0.29, 0.717) is 12.1 Å². The topological polar surface area (TPSA) is 66.4 Å². The predicted octanol–water partition coefficient (Wildman–Crippen LogP) is 3.04. The summed E-state index contributed by atoms with van der Waals surface area (Å²) in [7, 11) is 0. The SMILES string of the molecule is O=C(O)c1ccccc1NC(=O)C1Cc2ccccc2S1. The molecule has 1 aliphatic rings. The van der Waals surface area contributed by atoms with Crippen molar-refractivity contribution in [1.82, 2.24) is 0 Å². The van der Waals surface area contributed by atoms with E-state index in [1.807, 2.05) is 24.3 Å². The van der Waals surface area contributed by atoms with Crippen molar-refractivity contribution in [3.8, 4) is 0 Å². The van der Waals surface area contributed by atoms with Gasteiger partial charge in [-0.05, 0) is 30.2 Å². The second kappa shape index (κ2) is 5.61. The summed E-state index contributed by atoms with van der Waals surface area (Å²) in [6.45, 7) is 0. The highest BCUT2D eigenvalue weighted by atomic mass is 32.2. The van der Waals surface area contributed by atoms with Crippen LogP contribution in [0.5, 0.6) is 0 Å². The molecule has 106 valence electrons. The fourth-order valence-corrected chi connectivity index (χ4v) is 3.52. The Bertz CT molecular complexity index is 689. The van der Waals surface area contributed by atoms with Crippen molar-refractivity contribution in [2.45, 2.75) is 16.6 Å². The number of carbonyl (C=O) groups excluding carboxylic acids is 1. The first kappa shape index (κ1) is 13.7. The van der Waals surface area contributed by atoms with Gasteiger partial charge < -0.3 is 10.4 Å². The molecule has 5 heteroatoms. The lowest BCUT2D eigenvalue weighted by Gasteiger charge is -2.11. The van der Waals surface area contributed by atoms with Crippen LogP contribution in [0.2, 0.25) is 0 Å². The smallest absolute Gasteiger partial charge is 0.337 e. The molecule has 0 radical (unpaired) electrons. The molecule has 0 aliphatic carbocycles. The molecule has 0 saturated carbocycles. The molecule has 1 heterocycles. The van der Waals surface area contributed by atoms with Crippen LogP contribution in [0.1, 0.15) is 15.9 Å². The average Bonchev–Trinajstić information content (AvgIpc) is 2.91. The summed E-state index contributed by atoms with van der Waals surface area (Å²) in [6.07, 6.45) is 0.669. The first-order chi connectivity index (χ1) is 10.1. The fourth-order valence-electron chi connectivity index (χ4n) is 2.32. The second-order valence-corrected chi connectivity index (χ2v) is 6.00. The van der Waals surface area contributed by atoms with Crippen LogP contribution in [-0.2, 0) is 11.2 Å². The Hall–Kier alpha value is -2.27. The zero-order valence-corrected chi connectivity index (χ0v) is 11.9. The quantitative estimate of drug-likeness (QED) is 0.914. The summed E-state index contributed by atoms with van der Waals surface area (Å²) in [4.78, 5) is 24.6. The summed E-state index contributed by atoms with van der Waals surface area (Å²) in [6, 6.07) is 14.4. The van der Waals surface area contributed by atoms with Crippen LogP contribution < -0.4 is 5.32 Å². The minimum atomic E-state index is -1.05. The Balaban J connectivity index is 1.76. The Labute approximate surface area is 126 Å². The maximum Gasteiger partial charge on any atom is 0.337 e. The molecular weight excluding hydrogens is 286 g/mol. The molecule has 21 heavy (non-hydrogen) atoms. The third-order valence-electron chi connectivity index (χ3n) is 3.35. The summed E-state index contributed by atoms with van der Waals surface area (Å²) < 4.78 is 0. The normalized spacial score (nSPS) is 16.3. The minimum absolute atomic E-state index is 0.103. The molecule has 2 aromatic rings. The van der Waals surface area contributed by atoms with Gasteiger partial charge in [-0.3, -0.25) is 4.79 Å². The molecule has 3 rings (SSSR count). The van der Waals surface area contributed by atoms with Crippen LogP contribution in [0.4, 0.5) is 5.69 Å². The Morgan fingerprint density at radius 3 is 2.57 bits per heavy atom. The maximum absolute atomic E-state index is 12.3. The lowest BCUT2D eigenvalue weighted by atomic mass is 10.1. The number of fused-ring (bicyclic) bond motifs is 1. The number of nitrogens with one attached hydrogen (secondary N) is 1. The molecule has 2 aromatic carbocycles. The van der Waals surface area contributed by atoms with Crippen molar-refractivity contribution < 1.29 is 14.7 Å². The zero-order valence-electron chi connectivity index (χ0n) is 11.1. The van der Waals surface area contributed by atoms with Gasteiger partial charge in [0.05, 0.1) is 16.5 Å². The van der Waals surface area contributed by atoms with E-state index in [2.05, 4.69) is 5.32 Å². The van der Waals surface area contributed by atoms with E-state index in [0.717, 1.165) is 10.5 Å². The second-order valence-electron chi connectivity index (χ2n) is 4.76. The fraction of sp³-hybridized carbons (Fsp3) is 0.125. The number of aromatic carboxylic acids is 1. The lowest BCUT2D eigenvalue weighted by Crippen LogP contribution is -2.25. The summed E-state index contributed by atoms with van der Waals surface area (Å²) in [5.41, 5.74) is 1.60. The molecule has 0 spiro atoms. The monoisotopic (exact) mass is 299 g/mol. The lowest BCUT2D eigenvalue weighted by molar-refractivity contribution is -0.115. The van der Waals surface area contributed by atoms with E-state index >= 15 is 0 Å². The van der Waals surface area contributed by atoms with E-state index in [1.165, 1.54) is 17.8 Å². The number of thioether (sulfide) groups is 1. The highest BCUT2D eigenvalue weighted by Gasteiger charge is 2.28. The third-order valence-corrected chi connectivity index (χ3v) is 4.67. The Morgan fingerprint density at radius 2 is 1.81 bits per heavy atom. The van der Waals surface area contributed by atoms with Crippen LogP contribution in [0.15, 0.2) is 53.4 Å². The van der Waals surface area contributed by atoms with Gasteiger partial charge in [-0.1, -0.05) is 30.3 Å². The molecule has 4 nitrogen and oxygen atoms in total. The molecule has 1 amide bonds. The van der Waals surface area contributed by atoms with Crippen LogP contribution in [0.25, 0.3) is 0 Å². The molecule has 1 aliphatic heterocycles. The molecule has 0 saturated heterocycles. The van der Waals surface area contributed by atoms with E-state index < -0.39 is 5.97 Å². The number of amides is 1. The molecular formula is C16H13NO3S. The van der Waals surface area contributed by atoms with Crippen molar-refractivity contribution in [3.63, 3.8) is 0 Å². The average molecular weight is 299 g/mol. The highest BCUT2D eigenvalue weighted by Crippen LogP contribution is 2.37. The third kappa shape index (κ3) is 2.78. The number of benzene rings is 2. The Kier molecular flexibility index (Phi) is 3.66. The number of para-hydroxylation sites is 1. The number of carbonyl (C=O) groups is 2. The van der Waals surface area contributed by atoms with Gasteiger partial charge in [-0.2, -0.15) is 0 Å². The number of carboxylic acids is 1. The van der Waals surface area contributed by atoms with Crippen molar-refractivity contribution in [3.05, 3.63) is 59.7 Å². The van der Waals surface area contributed by atoms with Gasteiger partial charge in [0.25, 0.3) is 0 Å². The number of hydrogen-bond acceptors (Lipinski definition) is 3. The van der Waals surface area contributed by atoms with Crippen LogP contribution >= 0.6 is 11.8 Å². The van der Waals surface area contributed by atoms with Crippen molar-refractivity contribution >= 4 is 29.3 Å². The number of anilines is 1. The number of carboxylic acid groups (broad SMARTS) is 1. The minimum Gasteiger partial charge on any atom is -0.478 e. The van der Waals surface area contributed by atoms with Gasteiger partial charge in [0.1, 0.15) is 0 Å². The predicted molar refractivity (Wildman–Crippen MR) is 81.8 cm³/mol. The molecule has 0 aromatic heterocycles. The zero-order chi connectivity index (χ0) is 14.8. The highest BCUT2D eigenvalue weighted by molar-refractivity contribution is 8.01. The van der Waals surface area contributed by atoms with Gasteiger partial charge >= 0.3 is 5.97 Å². The van der Waals surface area contributed by atoms with E-state index in [9.17, 15) is 9.59 Å². The molecule has 1 unspecified atom stereocenters. The molecule has 1 atom stereocenters. The van der Waals surface area contributed by atoms with Crippen molar-refractivity contribution in [2.75, 3.05) is 5.32 Å². The summed E-state index contributed by atoms with van der Waals surface area (Å²) >= 11 is 1.52. The van der Waals surface area contributed by atoms with E-state index in [1.54, 1.807) is 18.2 Å². The van der Waals surface area contributed by atoms with Gasteiger partial charge in [-0.15, -0.1) is 11.8 Å². The first-order valence-corrected chi connectivity index (χ1v) is 7.41. The van der Waals surface area contributed by atoms with Crippen LogP contribution in [0.3, 0.4) is 0 Å².